The second-order valence-corrected chi connectivity index (χ2v) is 9.75. The smallest absolute Gasteiger partial charge is 0.233 e. The Hall–Kier alpha value is -3.12. The Morgan fingerprint density at radius 2 is 1.60 bits per heavy atom. The highest BCUT2D eigenvalue weighted by Crippen LogP contribution is 2.43. The van der Waals surface area contributed by atoms with E-state index < -0.39 is 5.41 Å². The van der Waals surface area contributed by atoms with E-state index in [1.54, 1.807) is 0 Å². The van der Waals surface area contributed by atoms with Crippen molar-refractivity contribution in [1.82, 2.24) is 15.1 Å². The number of carbonyl (C=O) groups is 1. The molecule has 0 unspecified atom stereocenters. The van der Waals surface area contributed by atoms with Crippen molar-refractivity contribution >= 4 is 23.3 Å². The maximum absolute atomic E-state index is 13.8. The van der Waals surface area contributed by atoms with Gasteiger partial charge in [0.1, 0.15) is 5.75 Å². The number of benzene rings is 2. The SMILES string of the molecule is CCOc1ccc(-c2ccc(N3CCN(C(=O)C4(c5ccc(Cl)cc5)CCCC4)CC3)nn2)cc1. The molecule has 1 aliphatic carbocycles. The topological polar surface area (TPSA) is 58.6 Å². The first-order valence-electron chi connectivity index (χ1n) is 12.5. The summed E-state index contributed by atoms with van der Waals surface area (Å²) in [5.41, 5.74) is 2.53. The Bertz CT molecular complexity index is 1140. The molecule has 2 aromatic carbocycles. The van der Waals surface area contributed by atoms with Gasteiger partial charge in [-0.2, -0.15) is 0 Å². The molecule has 1 aliphatic heterocycles. The monoisotopic (exact) mass is 490 g/mol. The Labute approximate surface area is 211 Å². The molecule has 5 rings (SSSR count). The van der Waals surface area contributed by atoms with Crippen molar-refractivity contribution in [1.29, 1.82) is 0 Å². The molecule has 2 heterocycles. The van der Waals surface area contributed by atoms with Crippen LogP contribution in [0.15, 0.2) is 60.7 Å². The minimum atomic E-state index is -0.411. The summed E-state index contributed by atoms with van der Waals surface area (Å²) in [7, 11) is 0. The van der Waals surface area contributed by atoms with Crippen LogP contribution >= 0.6 is 11.6 Å². The van der Waals surface area contributed by atoms with Gasteiger partial charge in [-0.25, -0.2) is 0 Å². The summed E-state index contributed by atoms with van der Waals surface area (Å²) in [5.74, 6) is 1.96. The third-order valence-electron chi connectivity index (χ3n) is 7.27. The number of aromatic nitrogens is 2. The van der Waals surface area contributed by atoms with Gasteiger partial charge < -0.3 is 14.5 Å². The molecule has 1 saturated heterocycles. The van der Waals surface area contributed by atoms with Crippen molar-refractivity contribution in [3.63, 3.8) is 0 Å². The average Bonchev–Trinajstić information content (AvgIpc) is 3.41. The molecular formula is C28H31ClN4O2. The van der Waals surface area contributed by atoms with Gasteiger partial charge in [0.05, 0.1) is 17.7 Å². The number of nitrogens with zero attached hydrogens (tertiary/aromatic N) is 4. The van der Waals surface area contributed by atoms with Gasteiger partial charge >= 0.3 is 0 Å². The molecule has 0 N–H and O–H groups in total. The van der Waals surface area contributed by atoms with Gasteiger partial charge in [-0.1, -0.05) is 36.6 Å². The van der Waals surface area contributed by atoms with E-state index in [9.17, 15) is 4.79 Å². The summed E-state index contributed by atoms with van der Waals surface area (Å²) in [4.78, 5) is 18.0. The molecular weight excluding hydrogens is 460 g/mol. The van der Waals surface area contributed by atoms with E-state index >= 15 is 0 Å². The van der Waals surface area contributed by atoms with E-state index in [2.05, 4.69) is 15.1 Å². The van der Waals surface area contributed by atoms with E-state index in [0.29, 0.717) is 24.7 Å². The van der Waals surface area contributed by atoms with Crippen molar-refractivity contribution < 1.29 is 9.53 Å². The van der Waals surface area contributed by atoms with Crippen LogP contribution in [0.2, 0.25) is 5.02 Å². The van der Waals surface area contributed by atoms with Gasteiger partial charge in [0.2, 0.25) is 5.91 Å². The number of carbonyl (C=O) groups excluding carboxylic acids is 1. The third kappa shape index (κ3) is 4.85. The zero-order valence-electron chi connectivity index (χ0n) is 20.1. The van der Waals surface area contributed by atoms with E-state index in [1.165, 1.54) is 0 Å². The lowest BCUT2D eigenvalue weighted by Crippen LogP contribution is -2.54. The summed E-state index contributed by atoms with van der Waals surface area (Å²) in [5, 5.41) is 9.64. The molecule has 0 radical (unpaired) electrons. The molecule has 2 fully saturated rings. The number of rotatable bonds is 6. The van der Waals surface area contributed by atoms with Crippen LogP contribution in [0.1, 0.15) is 38.2 Å². The quantitative estimate of drug-likeness (QED) is 0.465. The number of anilines is 1. The molecule has 1 aromatic heterocycles. The van der Waals surface area contributed by atoms with Gasteiger partial charge in [0.15, 0.2) is 5.82 Å². The minimum Gasteiger partial charge on any atom is -0.494 e. The van der Waals surface area contributed by atoms with Crippen LogP contribution in [0, 0.1) is 0 Å². The van der Waals surface area contributed by atoms with E-state index in [1.807, 2.05) is 72.5 Å². The van der Waals surface area contributed by atoms with Crippen molar-refractivity contribution in [3.05, 3.63) is 71.2 Å². The van der Waals surface area contributed by atoms with Crippen LogP contribution in [0.25, 0.3) is 11.3 Å². The number of ether oxygens (including phenoxy) is 1. The molecule has 7 heteroatoms. The first kappa shape index (κ1) is 23.6. The fourth-order valence-electron chi connectivity index (χ4n) is 5.35. The number of halogens is 1. The van der Waals surface area contributed by atoms with Crippen LogP contribution in [0.4, 0.5) is 5.82 Å². The van der Waals surface area contributed by atoms with Crippen LogP contribution < -0.4 is 9.64 Å². The zero-order valence-corrected chi connectivity index (χ0v) is 20.9. The molecule has 1 amide bonds. The molecule has 0 atom stereocenters. The number of amides is 1. The standard InChI is InChI=1S/C28H31ClN4O2/c1-2-35-24-11-5-21(6-12-24)25-13-14-26(31-30-25)32-17-19-33(20-18-32)27(34)28(15-3-4-16-28)22-7-9-23(29)10-8-22/h5-14H,2-4,15-20H2,1H3. The van der Waals surface area contributed by atoms with Crippen LogP contribution in [-0.2, 0) is 10.2 Å². The largest absolute Gasteiger partial charge is 0.494 e. The molecule has 0 spiro atoms. The Morgan fingerprint density at radius 1 is 0.914 bits per heavy atom. The predicted octanol–water partition coefficient (Wildman–Crippen LogP) is 5.36. The molecule has 182 valence electrons. The fourth-order valence-corrected chi connectivity index (χ4v) is 5.48. The van der Waals surface area contributed by atoms with Crippen molar-refractivity contribution in [2.45, 2.75) is 38.0 Å². The second kappa shape index (κ2) is 10.2. The van der Waals surface area contributed by atoms with Crippen LogP contribution in [0.3, 0.4) is 0 Å². The normalized spacial score (nSPS) is 17.4. The fraction of sp³-hybridized carbons (Fsp3) is 0.393. The number of hydrogen-bond acceptors (Lipinski definition) is 5. The first-order valence-corrected chi connectivity index (χ1v) is 12.8. The highest BCUT2D eigenvalue weighted by Gasteiger charge is 2.45. The molecule has 35 heavy (non-hydrogen) atoms. The summed E-state index contributed by atoms with van der Waals surface area (Å²) in [6.07, 6.45) is 3.99. The lowest BCUT2D eigenvalue weighted by molar-refractivity contribution is -0.137. The average molecular weight is 491 g/mol. The summed E-state index contributed by atoms with van der Waals surface area (Å²) in [6, 6.07) is 19.8. The molecule has 2 aliphatic rings. The summed E-state index contributed by atoms with van der Waals surface area (Å²) < 4.78 is 5.51. The van der Waals surface area contributed by atoms with Gasteiger partial charge in [-0.3, -0.25) is 4.79 Å². The van der Waals surface area contributed by atoms with Gasteiger partial charge in [0, 0.05) is 36.8 Å². The lowest BCUT2D eigenvalue weighted by atomic mass is 9.77. The molecule has 0 bridgehead atoms. The van der Waals surface area contributed by atoms with E-state index in [0.717, 1.165) is 67.2 Å². The molecule has 6 nitrogen and oxygen atoms in total. The predicted molar refractivity (Wildman–Crippen MR) is 139 cm³/mol. The van der Waals surface area contributed by atoms with Gasteiger partial charge in [-0.05, 0) is 73.9 Å². The minimum absolute atomic E-state index is 0.258. The Kier molecular flexibility index (Phi) is 6.91. The maximum atomic E-state index is 13.8. The number of piperazine rings is 1. The summed E-state index contributed by atoms with van der Waals surface area (Å²) in [6.45, 7) is 5.50. The van der Waals surface area contributed by atoms with Crippen molar-refractivity contribution in [2.24, 2.45) is 0 Å². The lowest BCUT2D eigenvalue weighted by Gasteiger charge is -2.40. The third-order valence-corrected chi connectivity index (χ3v) is 7.52. The number of hydrogen-bond donors (Lipinski definition) is 0. The van der Waals surface area contributed by atoms with Gasteiger partial charge in [-0.15, -0.1) is 10.2 Å². The summed E-state index contributed by atoms with van der Waals surface area (Å²) >= 11 is 6.11. The van der Waals surface area contributed by atoms with Crippen LogP contribution in [-0.4, -0.2) is 53.8 Å². The van der Waals surface area contributed by atoms with Crippen molar-refractivity contribution in [2.75, 3.05) is 37.7 Å². The zero-order chi connectivity index (χ0) is 24.3. The van der Waals surface area contributed by atoms with E-state index in [-0.39, 0.29) is 5.91 Å². The van der Waals surface area contributed by atoms with Crippen molar-refractivity contribution in [3.8, 4) is 17.0 Å². The highest BCUT2D eigenvalue weighted by atomic mass is 35.5. The molecule has 1 saturated carbocycles. The highest BCUT2D eigenvalue weighted by molar-refractivity contribution is 6.30. The Morgan fingerprint density at radius 3 is 2.20 bits per heavy atom. The molecule has 3 aromatic rings. The van der Waals surface area contributed by atoms with Gasteiger partial charge in [0.25, 0.3) is 0 Å². The maximum Gasteiger partial charge on any atom is 0.233 e. The second-order valence-electron chi connectivity index (χ2n) is 9.31. The van der Waals surface area contributed by atoms with Crippen LogP contribution in [0.5, 0.6) is 5.75 Å². The van der Waals surface area contributed by atoms with E-state index in [4.69, 9.17) is 16.3 Å². The first-order chi connectivity index (χ1) is 17.1. The Balaban J connectivity index is 1.23.